The Morgan fingerprint density at radius 2 is 1.57 bits per heavy atom. The number of ether oxygens (including phenoxy) is 1. The van der Waals surface area contributed by atoms with Crippen LogP contribution in [0.1, 0.15) is 15.9 Å². The molecule has 0 bridgehead atoms. The quantitative estimate of drug-likeness (QED) is 0.302. The topological polar surface area (TPSA) is 75.7 Å². The zero-order chi connectivity index (χ0) is 24.8. The van der Waals surface area contributed by atoms with Crippen molar-refractivity contribution in [3.05, 3.63) is 119 Å². The zero-order valence-electron chi connectivity index (χ0n) is 18.9. The summed E-state index contributed by atoms with van der Waals surface area (Å²) < 4.78 is 32.0. The number of anilines is 2. The minimum absolute atomic E-state index is 0.106. The number of halogens is 1. The number of nitrogens with zero attached hydrogens (tertiary/aromatic N) is 1. The van der Waals surface area contributed by atoms with Gasteiger partial charge < -0.3 is 10.1 Å². The Morgan fingerprint density at radius 1 is 0.886 bits per heavy atom. The fourth-order valence-electron chi connectivity index (χ4n) is 3.43. The van der Waals surface area contributed by atoms with E-state index in [0.717, 1.165) is 11.8 Å². The van der Waals surface area contributed by atoms with E-state index >= 15 is 0 Å². The zero-order valence-corrected chi connectivity index (χ0v) is 20.5. The maximum absolute atomic E-state index is 12.9. The van der Waals surface area contributed by atoms with E-state index in [-0.39, 0.29) is 12.5 Å². The molecule has 1 amide bonds. The highest BCUT2D eigenvalue weighted by molar-refractivity contribution is 7.92. The minimum Gasteiger partial charge on any atom is -0.455 e. The summed E-state index contributed by atoms with van der Waals surface area (Å²) in [5, 5.41) is 3.32. The number of nitrogens with one attached hydrogen (secondary N) is 1. The Bertz CT molecular complexity index is 1430. The number of para-hydroxylation sites is 3. The molecular weight excluding hydrogens is 484 g/mol. The first-order valence-corrected chi connectivity index (χ1v) is 13.0. The number of hydrogen-bond donors (Lipinski definition) is 1. The molecule has 4 aromatic rings. The second-order valence-electron chi connectivity index (χ2n) is 7.81. The molecule has 4 aromatic carbocycles. The van der Waals surface area contributed by atoms with Crippen LogP contribution in [0.3, 0.4) is 0 Å². The molecule has 0 radical (unpaired) electrons. The summed E-state index contributed by atoms with van der Waals surface area (Å²) in [6, 6.07) is 29.9. The third kappa shape index (κ3) is 6.41. The van der Waals surface area contributed by atoms with Crippen molar-refractivity contribution in [3.8, 4) is 11.5 Å². The fourth-order valence-corrected chi connectivity index (χ4v) is 4.49. The molecule has 6 nitrogen and oxygen atoms in total. The van der Waals surface area contributed by atoms with E-state index < -0.39 is 10.0 Å². The van der Waals surface area contributed by atoms with E-state index in [2.05, 4.69) is 5.32 Å². The first-order valence-electron chi connectivity index (χ1n) is 10.7. The minimum atomic E-state index is -3.55. The van der Waals surface area contributed by atoms with Crippen LogP contribution in [0.25, 0.3) is 0 Å². The average Bonchev–Trinajstić information content (AvgIpc) is 2.84. The van der Waals surface area contributed by atoms with Gasteiger partial charge in [-0.25, -0.2) is 8.42 Å². The number of carbonyl (C=O) groups is 1. The van der Waals surface area contributed by atoms with Gasteiger partial charge in [-0.3, -0.25) is 9.10 Å². The smallest absolute Gasteiger partial charge is 0.255 e. The fraction of sp³-hybridized carbons (Fsp3) is 0.0741. The number of amides is 1. The summed E-state index contributed by atoms with van der Waals surface area (Å²) >= 11 is 6.05. The maximum atomic E-state index is 12.9. The van der Waals surface area contributed by atoms with Crippen LogP contribution in [0, 0.1) is 0 Å². The number of rotatable bonds is 8. The summed E-state index contributed by atoms with van der Waals surface area (Å²) in [5.74, 6) is 0.873. The molecule has 178 valence electrons. The van der Waals surface area contributed by atoms with Crippen molar-refractivity contribution in [2.75, 3.05) is 15.9 Å². The second kappa shape index (κ2) is 10.6. The first kappa shape index (κ1) is 24.3. The van der Waals surface area contributed by atoms with Gasteiger partial charge >= 0.3 is 0 Å². The molecule has 4 rings (SSSR count). The number of sulfonamides is 1. The predicted molar refractivity (Wildman–Crippen MR) is 140 cm³/mol. The molecule has 0 aliphatic rings. The van der Waals surface area contributed by atoms with E-state index in [4.69, 9.17) is 16.3 Å². The summed E-state index contributed by atoms with van der Waals surface area (Å²) in [6.07, 6.45) is 1.14. The second-order valence-corrected chi connectivity index (χ2v) is 10.2. The van der Waals surface area contributed by atoms with Crippen molar-refractivity contribution in [1.29, 1.82) is 0 Å². The predicted octanol–water partition coefficient (Wildman–Crippen LogP) is 6.35. The summed E-state index contributed by atoms with van der Waals surface area (Å²) in [7, 11) is -3.55. The SMILES string of the molecule is CS(=O)(=O)N(Cc1ccc(C(=O)Nc2ccccc2Oc2ccccc2)cc1)c1cccc(Cl)c1. The Balaban J connectivity index is 1.49. The van der Waals surface area contributed by atoms with Gasteiger partial charge in [0, 0.05) is 10.6 Å². The summed E-state index contributed by atoms with van der Waals surface area (Å²) in [4.78, 5) is 12.9. The van der Waals surface area contributed by atoms with Crippen molar-refractivity contribution in [2.45, 2.75) is 6.54 Å². The van der Waals surface area contributed by atoms with Gasteiger partial charge in [-0.1, -0.05) is 60.1 Å². The van der Waals surface area contributed by atoms with Gasteiger partial charge in [0.2, 0.25) is 10.0 Å². The normalized spacial score (nSPS) is 11.0. The van der Waals surface area contributed by atoms with Gasteiger partial charge in [0.25, 0.3) is 5.91 Å². The largest absolute Gasteiger partial charge is 0.455 e. The lowest BCUT2D eigenvalue weighted by Gasteiger charge is -2.22. The van der Waals surface area contributed by atoms with Crippen LogP contribution in [0.5, 0.6) is 11.5 Å². The van der Waals surface area contributed by atoms with E-state index in [1.807, 2.05) is 42.5 Å². The standard InChI is InChI=1S/C27H23ClN2O4S/c1-35(32,33)30(23-9-7-8-22(28)18-23)19-20-14-16-21(17-15-20)27(31)29-25-12-5-6-13-26(25)34-24-10-3-2-4-11-24/h2-18H,19H2,1H3,(H,29,31). The molecule has 0 spiro atoms. The van der Waals surface area contributed by atoms with Crippen molar-refractivity contribution in [2.24, 2.45) is 0 Å². The molecule has 35 heavy (non-hydrogen) atoms. The number of hydrogen-bond acceptors (Lipinski definition) is 4. The summed E-state index contributed by atoms with van der Waals surface area (Å²) in [5.41, 5.74) is 2.16. The van der Waals surface area contributed by atoms with Crippen LogP contribution in [0.4, 0.5) is 11.4 Å². The lowest BCUT2D eigenvalue weighted by molar-refractivity contribution is 0.102. The third-order valence-corrected chi connectivity index (χ3v) is 6.52. The van der Waals surface area contributed by atoms with Gasteiger partial charge in [-0.2, -0.15) is 0 Å². The number of carbonyl (C=O) groups excluding carboxylic acids is 1. The molecule has 0 fully saturated rings. The Kier molecular flexibility index (Phi) is 7.39. The number of benzene rings is 4. The maximum Gasteiger partial charge on any atom is 0.255 e. The van der Waals surface area contributed by atoms with Crippen LogP contribution in [-0.2, 0) is 16.6 Å². The lowest BCUT2D eigenvalue weighted by Crippen LogP contribution is -2.29. The highest BCUT2D eigenvalue weighted by Crippen LogP contribution is 2.29. The van der Waals surface area contributed by atoms with Gasteiger partial charge in [-0.05, 0) is 60.2 Å². The Morgan fingerprint density at radius 3 is 2.26 bits per heavy atom. The molecule has 0 heterocycles. The van der Waals surface area contributed by atoms with Gasteiger partial charge in [0.1, 0.15) is 5.75 Å². The van der Waals surface area contributed by atoms with Crippen LogP contribution in [0.15, 0.2) is 103 Å². The van der Waals surface area contributed by atoms with E-state index in [0.29, 0.717) is 33.5 Å². The highest BCUT2D eigenvalue weighted by atomic mass is 35.5. The van der Waals surface area contributed by atoms with Crippen LogP contribution in [0.2, 0.25) is 5.02 Å². The molecule has 0 aromatic heterocycles. The van der Waals surface area contributed by atoms with Crippen LogP contribution in [-0.4, -0.2) is 20.6 Å². The van der Waals surface area contributed by atoms with Gasteiger partial charge in [-0.15, -0.1) is 0 Å². The van der Waals surface area contributed by atoms with Crippen molar-refractivity contribution >= 4 is 38.9 Å². The lowest BCUT2D eigenvalue weighted by atomic mass is 10.1. The Hall–Kier alpha value is -3.81. The van der Waals surface area contributed by atoms with Gasteiger partial charge in [0.15, 0.2) is 5.75 Å². The van der Waals surface area contributed by atoms with Gasteiger partial charge in [0.05, 0.1) is 24.2 Å². The Labute approximate surface area is 209 Å². The monoisotopic (exact) mass is 506 g/mol. The van der Waals surface area contributed by atoms with Crippen molar-refractivity contribution in [1.82, 2.24) is 0 Å². The molecule has 0 aliphatic carbocycles. The van der Waals surface area contributed by atoms with Crippen molar-refractivity contribution in [3.63, 3.8) is 0 Å². The molecule has 0 saturated heterocycles. The van der Waals surface area contributed by atoms with E-state index in [9.17, 15) is 13.2 Å². The molecular formula is C27H23ClN2O4S. The summed E-state index contributed by atoms with van der Waals surface area (Å²) in [6.45, 7) is 0.106. The molecule has 0 unspecified atom stereocenters. The molecule has 0 saturated carbocycles. The first-order chi connectivity index (χ1) is 16.8. The molecule has 1 N–H and O–H groups in total. The molecule has 0 atom stereocenters. The van der Waals surface area contributed by atoms with E-state index in [1.165, 1.54) is 4.31 Å². The average molecular weight is 507 g/mol. The molecule has 8 heteroatoms. The van der Waals surface area contributed by atoms with Crippen molar-refractivity contribution < 1.29 is 17.9 Å². The van der Waals surface area contributed by atoms with Crippen LogP contribution >= 0.6 is 11.6 Å². The van der Waals surface area contributed by atoms with E-state index in [1.54, 1.807) is 60.7 Å². The third-order valence-electron chi connectivity index (χ3n) is 5.15. The van der Waals surface area contributed by atoms with Crippen LogP contribution < -0.4 is 14.4 Å². The molecule has 0 aliphatic heterocycles. The highest BCUT2D eigenvalue weighted by Gasteiger charge is 2.18.